The van der Waals surface area contributed by atoms with Crippen molar-refractivity contribution in [1.82, 2.24) is 10.2 Å². The summed E-state index contributed by atoms with van der Waals surface area (Å²) >= 11 is 7.78. The van der Waals surface area contributed by atoms with Gasteiger partial charge in [-0.3, -0.25) is 9.59 Å². The van der Waals surface area contributed by atoms with Crippen LogP contribution in [0.2, 0.25) is 5.02 Å². The van der Waals surface area contributed by atoms with E-state index in [-0.39, 0.29) is 22.7 Å². The van der Waals surface area contributed by atoms with Crippen molar-refractivity contribution in [1.29, 1.82) is 0 Å². The van der Waals surface area contributed by atoms with Gasteiger partial charge in [-0.25, -0.2) is 0 Å². The second-order valence-corrected chi connectivity index (χ2v) is 9.57. The predicted octanol–water partition coefficient (Wildman–Crippen LogP) is 4.82. The van der Waals surface area contributed by atoms with Gasteiger partial charge in [0.25, 0.3) is 5.91 Å². The zero-order valence-electron chi connectivity index (χ0n) is 16.5. The lowest BCUT2D eigenvalue weighted by Crippen LogP contribution is -2.52. The third-order valence-electron chi connectivity index (χ3n) is 4.55. The van der Waals surface area contributed by atoms with Crippen molar-refractivity contribution in [2.75, 3.05) is 5.75 Å². The normalized spacial score (nSPS) is 19.5. The maximum absolute atomic E-state index is 13.5. The van der Waals surface area contributed by atoms with Crippen LogP contribution in [0.4, 0.5) is 0 Å². The Morgan fingerprint density at radius 3 is 2.50 bits per heavy atom. The highest BCUT2D eigenvalue weighted by Gasteiger charge is 2.43. The zero-order chi connectivity index (χ0) is 20.5. The van der Waals surface area contributed by atoms with Crippen LogP contribution in [0.25, 0.3) is 0 Å². The Bertz CT molecular complexity index is 894. The second-order valence-electron chi connectivity index (χ2n) is 8.02. The van der Waals surface area contributed by atoms with E-state index in [1.165, 1.54) is 0 Å². The quantitative estimate of drug-likeness (QED) is 0.780. The topological polar surface area (TPSA) is 49.4 Å². The minimum Gasteiger partial charge on any atom is -0.350 e. The van der Waals surface area contributed by atoms with Gasteiger partial charge in [0.1, 0.15) is 11.4 Å². The van der Waals surface area contributed by atoms with E-state index in [0.717, 1.165) is 11.1 Å². The molecule has 4 nitrogen and oxygen atoms in total. The van der Waals surface area contributed by atoms with Crippen LogP contribution in [0.15, 0.2) is 48.5 Å². The van der Waals surface area contributed by atoms with Gasteiger partial charge in [0.15, 0.2) is 0 Å². The third kappa shape index (κ3) is 4.53. The van der Waals surface area contributed by atoms with Gasteiger partial charge in [-0.15, -0.1) is 11.8 Å². The molecule has 1 heterocycles. The highest BCUT2D eigenvalue weighted by Crippen LogP contribution is 2.43. The molecule has 3 rings (SSSR count). The highest BCUT2D eigenvalue weighted by molar-refractivity contribution is 7.99. The highest BCUT2D eigenvalue weighted by atomic mass is 35.5. The van der Waals surface area contributed by atoms with E-state index >= 15 is 0 Å². The van der Waals surface area contributed by atoms with Gasteiger partial charge < -0.3 is 10.2 Å². The second kappa shape index (κ2) is 8.18. The first-order valence-corrected chi connectivity index (χ1v) is 10.7. The predicted molar refractivity (Wildman–Crippen MR) is 116 cm³/mol. The maximum Gasteiger partial charge on any atom is 0.256 e. The summed E-state index contributed by atoms with van der Waals surface area (Å²) in [6, 6.07) is 14.4. The Labute approximate surface area is 175 Å². The van der Waals surface area contributed by atoms with E-state index in [2.05, 4.69) is 5.32 Å². The van der Waals surface area contributed by atoms with Crippen LogP contribution in [-0.2, 0) is 4.79 Å². The van der Waals surface area contributed by atoms with Crippen molar-refractivity contribution >= 4 is 35.2 Å². The van der Waals surface area contributed by atoms with E-state index in [4.69, 9.17) is 11.6 Å². The van der Waals surface area contributed by atoms with Gasteiger partial charge >= 0.3 is 0 Å². The van der Waals surface area contributed by atoms with E-state index in [9.17, 15) is 9.59 Å². The van der Waals surface area contributed by atoms with Crippen LogP contribution in [0.1, 0.15) is 47.6 Å². The molecule has 2 aromatic rings. The van der Waals surface area contributed by atoms with Crippen molar-refractivity contribution in [3.63, 3.8) is 0 Å². The minimum absolute atomic E-state index is 0.133. The Balaban J connectivity index is 2.00. The number of carbonyl (C=O) groups is 2. The number of hydrogen-bond acceptors (Lipinski definition) is 3. The summed E-state index contributed by atoms with van der Waals surface area (Å²) in [6.45, 7) is 7.73. The van der Waals surface area contributed by atoms with Crippen LogP contribution in [0, 0.1) is 6.92 Å². The lowest BCUT2D eigenvalue weighted by atomic mass is 10.0. The van der Waals surface area contributed by atoms with Crippen molar-refractivity contribution in [3.8, 4) is 0 Å². The monoisotopic (exact) mass is 416 g/mol. The molecule has 0 aliphatic carbocycles. The third-order valence-corrected chi connectivity index (χ3v) is 6.10. The number of amides is 2. The van der Waals surface area contributed by atoms with Crippen molar-refractivity contribution in [2.24, 2.45) is 0 Å². The fraction of sp³-hybridized carbons (Fsp3) is 0.364. The fourth-order valence-electron chi connectivity index (χ4n) is 3.28. The van der Waals surface area contributed by atoms with Gasteiger partial charge in [0, 0.05) is 21.9 Å². The molecule has 2 aromatic carbocycles. The number of rotatable bonds is 3. The Hall–Kier alpha value is -1.98. The molecule has 1 fully saturated rings. The van der Waals surface area contributed by atoms with Gasteiger partial charge in [-0.2, -0.15) is 0 Å². The molecule has 1 N–H and O–H groups in total. The summed E-state index contributed by atoms with van der Waals surface area (Å²) in [5, 5.41) is 3.38. The molecule has 28 heavy (non-hydrogen) atoms. The van der Waals surface area contributed by atoms with Crippen LogP contribution in [0.3, 0.4) is 0 Å². The lowest BCUT2D eigenvalue weighted by Gasteiger charge is -2.31. The molecular weight excluding hydrogens is 392 g/mol. The number of nitrogens with zero attached hydrogens (tertiary/aromatic N) is 1. The molecule has 1 aliphatic rings. The molecular formula is C22H25ClN2O2S. The van der Waals surface area contributed by atoms with Crippen molar-refractivity contribution < 1.29 is 9.59 Å². The maximum atomic E-state index is 13.5. The summed E-state index contributed by atoms with van der Waals surface area (Å²) in [6.07, 6.45) is 0. The molecule has 2 atom stereocenters. The summed E-state index contributed by atoms with van der Waals surface area (Å²) in [5.74, 6) is 0.269. The summed E-state index contributed by atoms with van der Waals surface area (Å²) < 4.78 is 0. The van der Waals surface area contributed by atoms with Crippen molar-refractivity contribution in [2.45, 2.75) is 44.6 Å². The number of halogens is 1. The number of hydrogen-bond donors (Lipinski definition) is 1. The minimum atomic E-state index is -0.541. The Kier molecular flexibility index (Phi) is 6.06. The molecule has 1 saturated heterocycles. The van der Waals surface area contributed by atoms with Crippen LogP contribution >= 0.6 is 23.4 Å². The molecule has 2 amide bonds. The number of thioether (sulfide) groups is 1. The van der Waals surface area contributed by atoms with Crippen molar-refractivity contribution in [3.05, 3.63) is 70.2 Å². The molecule has 6 heteroatoms. The summed E-state index contributed by atoms with van der Waals surface area (Å²) in [5.41, 5.74) is 2.06. The summed E-state index contributed by atoms with van der Waals surface area (Å²) in [4.78, 5) is 28.2. The molecule has 1 aliphatic heterocycles. The number of aryl methyl sites for hydroxylation is 1. The van der Waals surface area contributed by atoms with Crippen LogP contribution in [0.5, 0.6) is 0 Å². The number of nitrogens with one attached hydrogen (secondary N) is 1. The van der Waals surface area contributed by atoms with E-state index in [1.54, 1.807) is 16.7 Å². The Morgan fingerprint density at radius 2 is 1.86 bits per heavy atom. The van der Waals surface area contributed by atoms with E-state index < -0.39 is 6.04 Å². The first-order valence-electron chi connectivity index (χ1n) is 9.25. The first-order chi connectivity index (χ1) is 13.2. The number of benzene rings is 2. The SMILES string of the molecule is Cc1ccccc1C(=O)N1C(C(=O)NC(C)(C)C)CSC1c1cccc(Cl)c1. The van der Waals surface area contributed by atoms with Gasteiger partial charge in [0.05, 0.1) is 0 Å². The molecule has 0 spiro atoms. The first kappa shape index (κ1) is 20.7. The van der Waals surface area contributed by atoms with Crippen LogP contribution < -0.4 is 5.32 Å². The van der Waals surface area contributed by atoms with E-state index in [1.807, 2.05) is 76.2 Å². The molecule has 148 valence electrons. The van der Waals surface area contributed by atoms with Crippen LogP contribution in [-0.4, -0.2) is 34.0 Å². The lowest BCUT2D eigenvalue weighted by molar-refractivity contribution is -0.126. The standard InChI is InChI=1S/C22H25ClN2O2S/c1-14-8-5-6-11-17(14)20(27)25-18(19(26)24-22(2,3)4)13-28-21(25)15-9-7-10-16(23)12-15/h5-12,18,21H,13H2,1-4H3,(H,24,26). The fourth-order valence-corrected chi connectivity index (χ4v) is 4.90. The molecule has 0 radical (unpaired) electrons. The molecule has 0 saturated carbocycles. The van der Waals surface area contributed by atoms with E-state index in [0.29, 0.717) is 16.3 Å². The van der Waals surface area contributed by atoms with Gasteiger partial charge in [-0.05, 0) is 57.0 Å². The molecule has 0 aromatic heterocycles. The largest absolute Gasteiger partial charge is 0.350 e. The molecule has 2 unspecified atom stereocenters. The van der Waals surface area contributed by atoms with Gasteiger partial charge in [-0.1, -0.05) is 41.9 Å². The number of carbonyl (C=O) groups excluding carboxylic acids is 2. The summed E-state index contributed by atoms with van der Waals surface area (Å²) in [7, 11) is 0. The molecule has 0 bridgehead atoms. The average molecular weight is 417 g/mol. The zero-order valence-corrected chi connectivity index (χ0v) is 18.1. The smallest absolute Gasteiger partial charge is 0.256 e. The van der Waals surface area contributed by atoms with Gasteiger partial charge in [0.2, 0.25) is 5.91 Å². The average Bonchev–Trinajstić information content (AvgIpc) is 3.05. The Morgan fingerprint density at radius 1 is 1.14 bits per heavy atom.